The minimum atomic E-state index is -0.931. The number of benzene rings is 1. The van der Waals surface area contributed by atoms with Crippen LogP contribution < -0.4 is 0 Å². The first-order valence-electron chi connectivity index (χ1n) is 3.77. The topological polar surface area (TPSA) is 37.3 Å². The summed E-state index contributed by atoms with van der Waals surface area (Å²) in [5, 5.41) is 9.18. The fourth-order valence-corrected chi connectivity index (χ4v) is 1.08. The predicted octanol–water partition coefficient (Wildman–Crippen LogP) is 2.83. The second kappa shape index (κ2) is 4.10. The van der Waals surface area contributed by atoms with E-state index in [0.717, 1.165) is 5.56 Å². The highest BCUT2D eigenvalue weighted by Crippen LogP contribution is 2.17. The van der Waals surface area contributed by atoms with Crippen molar-refractivity contribution in [1.29, 1.82) is 0 Å². The number of hydrogen-bond donors (Lipinski definition) is 1. The molecule has 3 heteroatoms. The predicted molar refractivity (Wildman–Crippen MR) is 52.7 cm³/mol. The van der Waals surface area contributed by atoms with Gasteiger partial charge in [0.2, 0.25) is 0 Å². The highest BCUT2D eigenvalue weighted by molar-refractivity contribution is 6.32. The Bertz CT molecular complexity index is 356. The van der Waals surface area contributed by atoms with E-state index in [1.165, 1.54) is 6.92 Å². The molecule has 0 aliphatic rings. The molecule has 0 aliphatic heterocycles. The number of halogens is 1. The summed E-state index contributed by atoms with van der Waals surface area (Å²) in [6.07, 6.45) is 1.55. The number of carboxylic acids is 1. The van der Waals surface area contributed by atoms with E-state index in [-0.39, 0.29) is 5.57 Å². The van der Waals surface area contributed by atoms with Gasteiger partial charge in [0.25, 0.3) is 0 Å². The van der Waals surface area contributed by atoms with E-state index in [9.17, 15) is 4.79 Å². The standard InChI is InChI=1S/C10H9ClO2/c1-7(10(12)13)6-8-4-2-3-5-9(8)11/h2-6H,1H3,(H,12,13)/b7-6+. The molecule has 2 nitrogen and oxygen atoms in total. The molecule has 1 rings (SSSR count). The molecule has 13 heavy (non-hydrogen) atoms. The van der Waals surface area contributed by atoms with Crippen LogP contribution in [-0.4, -0.2) is 11.1 Å². The van der Waals surface area contributed by atoms with Crippen LogP contribution in [0.2, 0.25) is 5.02 Å². The molecule has 0 aliphatic carbocycles. The monoisotopic (exact) mass is 196 g/mol. The molecule has 0 amide bonds. The van der Waals surface area contributed by atoms with Gasteiger partial charge in [-0.2, -0.15) is 0 Å². The zero-order valence-electron chi connectivity index (χ0n) is 7.12. The molecule has 0 atom stereocenters. The van der Waals surface area contributed by atoms with Crippen LogP contribution in [0.3, 0.4) is 0 Å². The summed E-state index contributed by atoms with van der Waals surface area (Å²) in [4.78, 5) is 10.5. The van der Waals surface area contributed by atoms with Gasteiger partial charge < -0.3 is 5.11 Å². The molecule has 0 aromatic heterocycles. The Labute approximate surface area is 81.5 Å². The lowest BCUT2D eigenvalue weighted by Gasteiger charge is -1.97. The van der Waals surface area contributed by atoms with Gasteiger partial charge in [0.15, 0.2) is 0 Å². The molecular weight excluding hydrogens is 188 g/mol. The zero-order chi connectivity index (χ0) is 9.84. The van der Waals surface area contributed by atoms with Crippen LogP contribution in [0.4, 0.5) is 0 Å². The molecule has 0 spiro atoms. The second-order valence-corrected chi connectivity index (χ2v) is 3.06. The number of carbonyl (C=O) groups is 1. The average molecular weight is 197 g/mol. The van der Waals surface area contributed by atoms with Crippen molar-refractivity contribution in [2.45, 2.75) is 6.92 Å². The maximum absolute atomic E-state index is 10.5. The van der Waals surface area contributed by atoms with E-state index in [4.69, 9.17) is 16.7 Å². The molecule has 1 aromatic rings. The summed E-state index contributed by atoms with van der Waals surface area (Å²) in [6.45, 7) is 1.53. The molecular formula is C10H9ClO2. The molecule has 0 saturated heterocycles. The third-order valence-corrected chi connectivity index (χ3v) is 1.96. The number of carboxylic acid groups (broad SMARTS) is 1. The van der Waals surface area contributed by atoms with Crippen LogP contribution in [0.25, 0.3) is 6.08 Å². The lowest BCUT2D eigenvalue weighted by Crippen LogP contribution is -1.95. The number of aliphatic carboxylic acids is 1. The molecule has 0 saturated carbocycles. The van der Waals surface area contributed by atoms with E-state index in [0.29, 0.717) is 5.02 Å². The van der Waals surface area contributed by atoms with Gasteiger partial charge >= 0.3 is 5.97 Å². The second-order valence-electron chi connectivity index (χ2n) is 2.65. The van der Waals surface area contributed by atoms with Gasteiger partial charge in [-0.05, 0) is 24.6 Å². The summed E-state index contributed by atoms with van der Waals surface area (Å²) >= 11 is 5.84. The Morgan fingerprint density at radius 2 is 2.08 bits per heavy atom. The quantitative estimate of drug-likeness (QED) is 0.739. The molecule has 0 heterocycles. The first-order chi connectivity index (χ1) is 6.11. The van der Waals surface area contributed by atoms with Gasteiger partial charge in [0.05, 0.1) is 0 Å². The summed E-state index contributed by atoms with van der Waals surface area (Å²) in [7, 11) is 0. The fourth-order valence-electron chi connectivity index (χ4n) is 0.887. The third-order valence-electron chi connectivity index (χ3n) is 1.61. The van der Waals surface area contributed by atoms with Gasteiger partial charge in [-0.25, -0.2) is 4.79 Å². The largest absolute Gasteiger partial charge is 0.478 e. The zero-order valence-corrected chi connectivity index (χ0v) is 7.88. The lowest BCUT2D eigenvalue weighted by molar-refractivity contribution is -0.132. The van der Waals surface area contributed by atoms with Gasteiger partial charge in [0, 0.05) is 10.6 Å². The molecule has 0 unspecified atom stereocenters. The van der Waals surface area contributed by atoms with Crippen LogP contribution in [0.15, 0.2) is 29.8 Å². The molecule has 0 fully saturated rings. The van der Waals surface area contributed by atoms with Crippen molar-refractivity contribution in [2.24, 2.45) is 0 Å². The van der Waals surface area contributed by atoms with Crippen molar-refractivity contribution in [2.75, 3.05) is 0 Å². The first kappa shape index (κ1) is 9.81. The Balaban J connectivity index is 3.04. The summed E-state index contributed by atoms with van der Waals surface area (Å²) in [5.41, 5.74) is 0.997. The Kier molecular flexibility index (Phi) is 3.09. The lowest BCUT2D eigenvalue weighted by atomic mass is 10.1. The van der Waals surface area contributed by atoms with Crippen molar-refractivity contribution < 1.29 is 9.90 Å². The van der Waals surface area contributed by atoms with Crippen LogP contribution in [-0.2, 0) is 4.79 Å². The van der Waals surface area contributed by atoms with Crippen LogP contribution in [0.5, 0.6) is 0 Å². The SMILES string of the molecule is C/C(=C\c1ccccc1Cl)C(=O)O. The highest BCUT2D eigenvalue weighted by Gasteiger charge is 2.01. The Morgan fingerprint density at radius 1 is 1.46 bits per heavy atom. The smallest absolute Gasteiger partial charge is 0.331 e. The number of rotatable bonds is 2. The van der Waals surface area contributed by atoms with Gasteiger partial charge in [-0.1, -0.05) is 29.8 Å². The van der Waals surface area contributed by atoms with E-state index < -0.39 is 5.97 Å². The first-order valence-corrected chi connectivity index (χ1v) is 4.15. The molecule has 0 radical (unpaired) electrons. The molecule has 1 N–H and O–H groups in total. The Hall–Kier alpha value is -1.28. The Morgan fingerprint density at radius 3 is 2.62 bits per heavy atom. The maximum atomic E-state index is 10.5. The van der Waals surface area contributed by atoms with E-state index >= 15 is 0 Å². The van der Waals surface area contributed by atoms with Gasteiger partial charge in [0.1, 0.15) is 0 Å². The van der Waals surface area contributed by atoms with E-state index in [1.807, 2.05) is 6.07 Å². The summed E-state index contributed by atoms with van der Waals surface area (Å²) < 4.78 is 0. The summed E-state index contributed by atoms with van der Waals surface area (Å²) in [5.74, 6) is -0.931. The van der Waals surface area contributed by atoms with Crippen molar-refractivity contribution >= 4 is 23.6 Å². The van der Waals surface area contributed by atoms with Crippen molar-refractivity contribution in [1.82, 2.24) is 0 Å². The van der Waals surface area contributed by atoms with Gasteiger partial charge in [-0.3, -0.25) is 0 Å². The van der Waals surface area contributed by atoms with Gasteiger partial charge in [-0.15, -0.1) is 0 Å². The normalized spacial score (nSPS) is 11.4. The maximum Gasteiger partial charge on any atom is 0.331 e. The van der Waals surface area contributed by atoms with Crippen molar-refractivity contribution in [3.63, 3.8) is 0 Å². The van der Waals surface area contributed by atoms with E-state index in [2.05, 4.69) is 0 Å². The van der Waals surface area contributed by atoms with Crippen LogP contribution >= 0.6 is 11.6 Å². The molecule has 0 bridgehead atoms. The average Bonchev–Trinajstić information content (AvgIpc) is 2.08. The van der Waals surface area contributed by atoms with E-state index in [1.54, 1.807) is 24.3 Å². The minimum absolute atomic E-state index is 0.271. The summed E-state index contributed by atoms with van der Waals surface area (Å²) in [6, 6.07) is 7.11. The third kappa shape index (κ3) is 2.60. The van der Waals surface area contributed by atoms with Crippen LogP contribution in [0, 0.1) is 0 Å². The minimum Gasteiger partial charge on any atom is -0.478 e. The van der Waals surface area contributed by atoms with Crippen molar-refractivity contribution in [3.05, 3.63) is 40.4 Å². The molecule has 68 valence electrons. The number of hydrogen-bond acceptors (Lipinski definition) is 1. The molecule has 1 aromatic carbocycles. The highest BCUT2D eigenvalue weighted by atomic mass is 35.5. The van der Waals surface area contributed by atoms with Crippen LogP contribution in [0.1, 0.15) is 12.5 Å². The van der Waals surface area contributed by atoms with Crippen molar-refractivity contribution in [3.8, 4) is 0 Å². The fraction of sp³-hybridized carbons (Fsp3) is 0.100.